The zero-order valence-electron chi connectivity index (χ0n) is 13.6. The first-order valence-corrected chi connectivity index (χ1v) is 8.23. The van der Waals surface area contributed by atoms with Gasteiger partial charge in [0.2, 0.25) is 0 Å². The fourth-order valence-electron chi connectivity index (χ4n) is 3.64. The summed E-state index contributed by atoms with van der Waals surface area (Å²) < 4.78 is 5.63. The Morgan fingerprint density at radius 2 is 2.09 bits per heavy atom. The molecule has 0 saturated carbocycles. The van der Waals surface area contributed by atoms with E-state index in [0.29, 0.717) is 0 Å². The van der Waals surface area contributed by atoms with Crippen LogP contribution >= 0.6 is 0 Å². The van der Waals surface area contributed by atoms with E-state index < -0.39 is 0 Å². The second-order valence-electron chi connectivity index (χ2n) is 6.27. The van der Waals surface area contributed by atoms with Crippen LogP contribution in [0.25, 0.3) is 10.8 Å². The van der Waals surface area contributed by atoms with Crippen LogP contribution in [0.3, 0.4) is 0 Å². The van der Waals surface area contributed by atoms with Crippen LogP contribution in [0.4, 0.5) is 0 Å². The smallest absolute Gasteiger partial charge is 0.123 e. The Hall–Kier alpha value is -1.58. The normalized spacial score (nSPS) is 19.5. The van der Waals surface area contributed by atoms with Crippen molar-refractivity contribution < 1.29 is 4.74 Å². The average Bonchev–Trinajstić information content (AvgIpc) is 2.56. The van der Waals surface area contributed by atoms with Gasteiger partial charge in [-0.25, -0.2) is 0 Å². The van der Waals surface area contributed by atoms with E-state index >= 15 is 0 Å². The van der Waals surface area contributed by atoms with Gasteiger partial charge in [0.15, 0.2) is 0 Å². The van der Waals surface area contributed by atoms with Crippen LogP contribution in [0.5, 0.6) is 5.75 Å². The lowest BCUT2D eigenvalue weighted by molar-refractivity contribution is 0.166. The fraction of sp³-hybridized carbons (Fsp3) is 0.474. The monoisotopic (exact) mass is 298 g/mol. The number of fused-ring (bicyclic) bond motifs is 1. The lowest BCUT2D eigenvalue weighted by Gasteiger charge is -2.33. The van der Waals surface area contributed by atoms with Crippen molar-refractivity contribution >= 4 is 10.8 Å². The van der Waals surface area contributed by atoms with Crippen molar-refractivity contribution in [3.63, 3.8) is 0 Å². The second-order valence-corrected chi connectivity index (χ2v) is 6.27. The predicted molar refractivity (Wildman–Crippen MR) is 92.4 cm³/mol. The molecule has 1 fully saturated rings. The van der Waals surface area contributed by atoms with Gasteiger partial charge >= 0.3 is 0 Å². The van der Waals surface area contributed by atoms with Crippen molar-refractivity contribution in [2.45, 2.75) is 19.4 Å². The first-order valence-electron chi connectivity index (χ1n) is 8.23. The van der Waals surface area contributed by atoms with E-state index in [1.165, 1.54) is 42.3 Å². The molecule has 1 aliphatic heterocycles. The number of benzene rings is 2. The molecule has 1 aliphatic rings. The van der Waals surface area contributed by atoms with Gasteiger partial charge in [-0.3, -0.25) is 4.90 Å². The summed E-state index contributed by atoms with van der Waals surface area (Å²) in [5.41, 5.74) is 1.32. The van der Waals surface area contributed by atoms with Crippen molar-refractivity contribution in [2.75, 3.05) is 33.8 Å². The van der Waals surface area contributed by atoms with E-state index in [1.54, 1.807) is 7.11 Å². The number of hydrogen-bond donors (Lipinski definition) is 1. The van der Waals surface area contributed by atoms with Crippen LogP contribution in [-0.2, 0) is 6.54 Å². The Labute approximate surface area is 133 Å². The maximum Gasteiger partial charge on any atom is 0.123 e. The summed E-state index contributed by atoms with van der Waals surface area (Å²) >= 11 is 0. The van der Waals surface area contributed by atoms with Crippen molar-refractivity contribution in [2.24, 2.45) is 5.92 Å². The molecule has 3 nitrogen and oxygen atoms in total. The third-order valence-electron chi connectivity index (χ3n) is 4.70. The standard InChI is InChI=1S/C19H26N2O/c1-20-12-15-6-5-11-21(13-15)14-18-17-8-4-3-7-16(17)9-10-19(18)22-2/h3-4,7-10,15,20H,5-6,11-14H2,1-2H3. The van der Waals surface area contributed by atoms with Crippen LogP contribution in [-0.4, -0.2) is 38.7 Å². The third-order valence-corrected chi connectivity index (χ3v) is 4.70. The van der Waals surface area contributed by atoms with Crippen LogP contribution in [0.15, 0.2) is 36.4 Å². The van der Waals surface area contributed by atoms with E-state index in [1.807, 2.05) is 7.05 Å². The quantitative estimate of drug-likeness (QED) is 0.917. The largest absolute Gasteiger partial charge is 0.496 e. The number of ether oxygens (including phenoxy) is 1. The molecule has 2 aromatic carbocycles. The SMILES string of the molecule is CNCC1CCCN(Cc2c(OC)ccc3ccccc23)C1. The Morgan fingerprint density at radius 1 is 1.23 bits per heavy atom. The van der Waals surface area contributed by atoms with Crippen LogP contribution in [0.2, 0.25) is 0 Å². The first-order chi connectivity index (χ1) is 10.8. The molecule has 0 aromatic heterocycles. The number of piperidine rings is 1. The molecule has 0 bridgehead atoms. The number of likely N-dealkylation sites (tertiary alicyclic amines) is 1. The number of hydrogen-bond acceptors (Lipinski definition) is 3. The van der Waals surface area contributed by atoms with Gasteiger partial charge in [-0.2, -0.15) is 0 Å². The highest BCUT2D eigenvalue weighted by atomic mass is 16.5. The molecular weight excluding hydrogens is 272 g/mol. The summed E-state index contributed by atoms with van der Waals surface area (Å²) in [6.07, 6.45) is 2.63. The van der Waals surface area contributed by atoms with E-state index in [-0.39, 0.29) is 0 Å². The molecule has 3 rings (SSSR count). The van der Waals surface area contributed by atoms with Gasteiger partial charge in [-0.1, -0.05) is 30.3 Å². The van der Waals surface area contributed by atoms with Gasteiger partial charge < -0.3 is 10.1 Å². The molecule has 1 N–H and O–H groups in total. The summed E-state index contributed by atoms with van der Waals surface area (Å²) in [5, 5.41) is 5.93. The van der Waals surface area contributed by atoms with Crippen molar-refractivity contribution in [1.29, 1.82) is 0 Å². The van der Waals surface area contributed by atoms with Crippen LogP contribution < -0.4 is 10.1 Å². The number of nitrogens with one attached hydrogen (secondary N) is 1. The van der Waals surface area contributed by atoms with E-state index in [2.05, 4.69) is 46.6 Å². The molecule has 0 aliphatic carbocycles. The lowest BCUT2D eigenvalue weighted by Crippen LogP contribution is -2.38. The van der Waals surface area contributed by atoms with Crippen LogP contribution in [0.1, 0.15) is 18.4 Å². The summed E-state index contributed by atoms with van der Waals surface area (Å²) in [4.78, 5) is 2.58. The maximum atomic E-state index is 5.63. The Bertz CT molecular complexity index is 624. The third kappa shape index (κ3) is 3.26. The molecule has 2 aromatic rings. The molecule has 3 heteroatoms. The maximum absolute atomic E-state index is 5.63. The molecule has 1 saturated heterocycles. The molecule has 118 valence electrons. The minimum Gasteiger partial charge on any atom is -0.496 e. The summed E-state index contributed by atoms with van der Waals surface area (Å²) in [6.45, 7) is 4.45. The average molecular weight is 298 g/mol. The fourth-order valence-corrected chi connectivity index (χ4v) is 3.64. The number of rotatable bonds is 5. The zero-order valence-corrected chi connectivity index (χ0v) is 13.6. The van der Waals surface area contributed by atoms with Gasteiger partial charge in [-0.15, -0.1) is 0 Å². The summed E-state index contributed by atoms with van der Waals surface area (Å²) in [7, 11) is 3.82. The van der Waals surface area contributed by atoms with Gasteiger partial charge in [0, 0.05) is 18.7 Å². The Kier molecular flexibility index (Phi) is 4.96. The number of nitrogens with zero attached hydrogens (tertiary/aromatic N) is 1. The predicted octanol–water partition coefficient (Wildman–Crippen LogP) is 3.28. The minimum absolute atomic E-state index is 0.764. The molecule has 0 spiro atoms. The summed E-state index contributed by atoms with van der Waals surface area (Å²) in [6, 6.07) is 12.9. The highest BCUT2D eigenvalue weighted by Gasteiger charge is 2.21. The molecule has 0 amide bonds. The van der Waals surface area contributed by atoms with E-state index in [0.717, 1.165) is 24.8 Å². The Morgan fingerprint density at radius 3 is 2.91 bits per heavy atom. The van der Waals surface area contributed by atoms with Gasteiger partial charge in [-0.05, 0) is 55.7 Å². The molecule has 1 heterocycles. The second kappa shape index (κ2) is 7.12. The van der Waals surface area contributed by atoms with Crippen molar-refractivity contribution in [1.82, 2.24) is 10.2 Å². The minimum atomic E-state index is 0.764. The number of methoxy groups -OCH3 is 1. The van der Waals surface area contributed by atoms with Gasteiger partial charge in [0.25, 0.3) is 0 Å². The molecule has 1 unspecified atom stereocenters. The molecule has 22 heavy (non-hydrogen) atoms. The van der Waals surface area contributed by atoms with Gasteiger partial charge in [0.1, 0.15) is 5.75 Å². The van der Waals surface area contributed by atoms with Crippen molar-refractivity contribution in [3.8, 4) is 5.75 Å². The lowest BCUT2D eigenvalue weighted by atomic mass is 9.96. The highest BCUT2D eigenvalue weighted by molar-refractivity contribution is 5.87. The van der Waals surface area contributed by atoms with Crippen molar-refractivity contribution in [3.05, 3.63) is 42.0 Å². The van der Waals surface area contributed by atoms with E-state index in [9.17, 15) is 0 Å². The Balaban J connectivity index is 1.86. The van der Waals surface area contributed by atoms with Gasteiger partial charge in [0.05, 0.1) is 7.11 Å². The highest BCUT2D eigenvalue weighted by Crippen LogP contribution is 2.30. The van der Waals surface area contributed by atoms with E-state index in [4.69, 9.17) is 4.74 Å². The van der Waals surface area contributed by atoms with Crippen LogP contribution in [0, 0.1) is 5.92 Å². The first kappa shape index (κ1) is 15.3. The molecule has 1 atom stereocenters. The molecule has 0 radical (unpaired) electrons. The summed E-state index contributed by atoms with van der Waals surface area (Å²) in [5.74, 6) is 1.77. The topological polar surface area (TPSA) is 24.5 Å². The molecular formula is C19H26N2O. The zero-order chi connectivity index (χ0) is 15.4.